The summed E-state index contributed by atoms with van der Waals surface area (Å²) in [5, 5.41) is 0. The highest BCUT2D eigenvalue weighted by atomic mass is 14.8. The van der Waals surface area contributed by atoms with Gasteiger partial charge in [-0.2, -0.15) is 0 Å². The van der Waals surface area contributed by atoms with Crippen molar-refractivity contribution in [1.29, 1.82) is 0 Å². The molecule has 0 bridgehead atoms. The lowest BCUT2D eigenvalue weighted by Crippen LogP contribution is -2.45. The fourth-order valence-corrected chi connectivity index (χ4v) is 3.15. The Labute approximate surface area is 114 Å². The smallest absolute Gasteiger partial charge is 0.0194 e. The van der Waals surface area contributed by atoms with Gasteiger partial charge in [0.15, 0.2) is 0 Å². The van der Waals surface area contributed by atoms with Crippen LogP contribution in [0.4, 0.5) is 0 Å². The van der Waals surface area contributed by atoms with Crippen molar-refractivity contribution in [3.8, 4) is 0 Å². The molecule has 3 atom stereocenters. The highest BCUT2D eigenvalue weighted by molar-refractivity contribution is 4.84. The number of rotatable bonds is 9. The van der Waals surface area contributed by atoms with E-state index in [1.165, 1.54) is 64.2 Å². The molecule has 1 saturated carbocycles. The zero-order chi connectivity index (χ0) is 13.2. The van der Waals surface area contributed by atoms with E-state index < -0.39 is 0 Å². The first-order valence-electron chi connectivity index (χ1n) is 8.25. The summed E-state index contributed by atoms with van der Waals surface area (Å²) in [7, 11) is 0. The van der Waals surface area contributed by atoms with Gasteiger partial charge in [-0.05, 0) is 25.2 Å². The second-order valence-corrected chi connectivity index (χ2v) is 6.27. The standard InChI is InChI=1S/C16H34N2/c1-2-3-4-5-6-7-8-9-10-14-11-12-15(17)16(18)13-14/h14-16H,2-13,17-18H2,1H3. The van der Waals surface area contributed by atoms with Crippen LogP contribution in [0.1, 0.15) is 84.0 Å². The van der Waals surface area contributed by atoms with Crippen LogP contribution in [-0.2, 0) is 0 Å². The summed E-state index contributed by atoms with van der Waals surface area (Å²) in [6, 6.07) is 0.526. The fourth-order valence-electron chi connectivity index (χ4n) is 3.15. The van der Waals surface area contributed by atoms with Crippen LogP contribution < -0.4 is 11.5 Å². The Bertz CT molecular complexity index is 194. The summed E-state index contributed by atoms with van der Waals surface area (Å²) in [6.07, 6.45) is 16.3. The minimum atomic E-state index is 0.262. The van der Waals surface area contributed by atoms with Gasteiger partial charge in [-0.15, -0.1) is 0 Å². The highest BCUT2D eigenvalue weighted by Gasteiger charge is 2.24. The lowest BCUT2D eigenvalue weighted by Gasteiger charge is -2.31. The molecule has 0 aromatic heterocycles. The van der Waals surface area contributed by atoms with Crippen molar-refractivity contribution in [3.63, 3.8) is 0 Å². The molecule has 1 fully saturated rings. The van der Waals surface area contributed by atoms with Crippen molar-refractivity contribution in [2.24, 2.45) is 17.4 Å². The first kappa shape index (κ1) is 16.0. The van der Waals surface area contributed by atoms with Gasteiger partial charge in [-0.1, -0.05) is 64.7 Å². The molecule has 0 radical (unpaired) electrons. The minimum absolute atomic E-state index is 0.262. The molecule has 0 amide bonds. The van der Waals surface area contributed by atoms with E-state index in [-0.39, 0.29) is 12.1 Å². The molecule has 2 nitrogen and oxygen atoms in total. The SMILES string of the molecule is CCCCCCCCCCC1CCC(N)C(N)C1. The summed E-state index contributed by atoms with van der Waals surface area (Å²) in [4.78, 5) is 0. The molecule has 1 aliphatic carbocycles. The van der Waals surface area contributed by atoms with Crippen LogP contribution in [0.5, 0.6) is 0 Å². The van der Waals surface area contributed by atoms with Gasteiger partial charge in [0.05, 0.1) is 0 Å². The van der Waals surface area contributed by atoms with E-state index in [4.69, 9.17) is 11.5 Å². The Morgan fingerprint density at radius 1 is 0.778 bits per heavy atom. The lowest BCUT2D eigenvalue weighted by molar-refractivity contribution is 0.270. The zero-order valence-electron chi connectivity index (χ0n) is 12.4. The first-order chi connectivity index (χ1) is 8.74. The van der Waals surface area contributed by atoms with Gasteiger partial charge in [0.1, 0.15) is 0 Å². The van der Waals surface area contributed by atoms with Gasteiger partial charge in [0.2, 0.25) is 0 Å². The molecule has 0 aliphatic heterocycles. The summed E-state index contributed by atoms with van der Waals surface area (Å²) in [5.74, 6) is 0.861. The van der Waals surface area contributed by atoms with E-state index in [0.717, 1.165) is 18.8 Å². The van der Waals surface area contributed by atoms with E-state index in [0.29, 0.717) is 0 Å². The Morgan fingerprint density at radius 3 is 2.00 bits per heavy atom. The molecular weight excluding hydrogens is 220 g/mol. The molecule has 1 aliphatic rings. The average molecular weight is 254 g/mol. The van der Waals surface area contributed by atoms with Crippen molar-refractivity contribution < 1.29 is 0 Å². The number of hydrogen-bond donors (Lipinski definition) is 2. The van der Waals surface area contributed by atoms with E-state index in [1.54, 1.807) is 0 Å². The second-order valence-electron chi connectivity index (χ2n) is 6.27. The van der Waals surface area contributed by atoms with Gasteiger partial charge in [0, 0.05) is 12.1 Å². The quantitative estimate of drug-likeness (QED) is 0.612. The van der Waals surface area contributed by atoms with E-state index >= 15 is 0 Å². The molecule has 0 spiro atoms. The minimum Gasteiger partial charge on any atom is -0.326 e. The molecule has 0 aromatic carbocycles. The molecule has 108 valence electrons. The predicted octanol–water partition coefficient (Wildman–Crippen LogP) is 3.97. The van der Waals surface area contributed by atoms with Crippen molar-refractivity contribution in [2.45, 2.75) is 96.1 Å². The van der Waals surface area contributed by atoms with Gasteiger partial charge in [-0.3, -0.25) is 0 Å². The van der Waals surface area contributed by atoms with Crippen molar-refractivity contribution in [1.82, 2.24) is 0 Å². The fraction of sp³-hybridized carbons (Fsp3) is 1.00. The summed E-state index contributed by atoms with van der Waals surface area (Å²) in [5.41, 5.74) is 12.0. The third-order valence-electron chi connectivity index (χ3n) is 4.53. The topological polar surface area (TPSA) is 52.0 Å². The van der Waals surface area contributed by atoms with Crippen LogP contribution in [0, 0.1) is 5.92 Å². The molecule has 4 N–H and O–H groups in total. The maximum Gasteiger partial charge on any atom is 0.0194 e. The van der Waals surface area contributed by atoms with Crippen LogP contribution >= 0.6 is 0 Å². The predicted molar refractivity (Wildman–Crippen MR) is 80.5 cm³/mol. The largest absolute Gasteiger partial charge is 0.326 e. The molecule has 0 heterocycles. The molecule has 1 rings (SSSR count). The van der Waals surface area contributed by atoms with E-state index in [2.05, 4.69) is 6.92 Å². The maximum absolute atomic E-state index is 6.04. The van der Waals surface area contributed by atoms with Crippen molar-refractivity contribution in [3.05, 3.63) is 0 Å². The molecule has 2 heteroatoms. The number of nitrogens with two attached hydrogens (primary N) is 2. The Morgan fingerprint density at radius 2 is 1.39 bits per heavy atom. The van der Waals surface area contributed by atoms with E-state index in [9.17, 15) is 0 Å². The molecular formula is C16H34N2. The zero-order valence-corrected chi connectivity index (χ0v) is 12.4. The van der Waals surface area contributed by atoms with Crippen LogP contribution in [0.15, 0.2) is 0 Å². The van der Waals surface area contributed by atoms with Crippen LogP contribution in [0.25, 0.3) is 0 Å². The monoisotopic (exact) mass is 254 g/mol. The Hall–Kier alpha value is -0.0800. The van der Waals surface area contributed by atoms with E-state index in [1.807, 2.05) is 0 Å². The molecule has 3 unspecified atom stereocenters. The summed E-state index contributed by atoms with van der Waals surface area (Å²) < 4.78 is 0. The Kier molecular flexibility index (Phi) is 8.70. The second kappa shape index (κ2) is 9.80. The van der Waals surface area contributed by atoms with Gasteiger partial charge < -0.3 is 11.5 Å². The van der Waals surface area contributed by atoms with Gasteiger partial charge in [0.25, 0.3) is 0 Å². The van der Waals surface area contributed by atoms with Gasteiger partial charge >= 0.3 is 0 Å². The third-order valence-corrected chi connectivity index (χ3v) is 4.53. The normalized spacial score (nSPS) is 28.5. The number of hydrogen-bond acceptors (Lipinski definition) is 2. The molecule has 18 heavy (non-hydrogen) atoms. The van der Waals surface area contributed by atoms with Crippen LogP contribution in [0.3, 0.4) is 0 Å². The maximum atomic E-state index is 6.04. The summed E-state index contributed by atoms with van der Waals surface area (Å²) in [6.45, 7) is 2.28. The Balaban J connectivity index is 1.89. The molecule has 0 aromatic rings. The molecule has 0 saturated heterocycles. The summed E-state index contributed by atoms with van der Waals surface area (Å²) >= 11 is 0. The highest BCUT2D eigenvalue weighted by Crippen LogP contribution is 2.27. The first-order valence-corrected chi connectivity index (χ1v) is 8.25. The van der Waals surface area contributed by atoms with Crippen molar-refractivity contribution in [2.75, 3.05) is 0 Å². The average Bonchev–Trinajstić information content (AvgIpc) is 2.37. The lowest BCUT2D eigenvalue weighted by atomic mass is 9.80. The van der Waals surface area contributed by atoms with Gasteiger partial charge in [-0.25, -0.2) is 0 Å². The van der Waals surface area contributed by atoms with Crippen LogP contribution in [-0.4, -0.2) is 12.1 Å². The third kappa shape index (κ3) is 6.75. The number of unbranched alkanes of at least 4 members (excludes halogenated alkanes) is 7. The van der Waals surface area contributed by atoms with Crippen LogP contribution in [0.2, 0.25) is 0 Å². The van der Waals surface area contributed by atoms with Crippen molar-refractivity contribution >= 4 is 0 Å².